The molecule has 0 aromatic rings. The first-order valence-corrected chi connectivity index (χ1v) is 5.51. The number of carbonyl (C=O) groups excluding carboxylic acids is 1. The molecule has 0 aliphatic heterocycles. The quantitative estimate of drug-likeness (QED) is 0.584. The van der Waals surface area contributed by atoms with Crippen LogP contribution >= 0.6 is 12.4 Å². The predicted molar refractivity (Wildman–Crippen MR) is 67.0 cm³/mol. The number of nitrogens with two attached hydrogens (primary N) is 1. The third kappa shape index (κ3) is 13.5. The normalized spacial score (nSPS) is 10.5. The van der Waals surface area contributed by atoms with Gasteiger partial charge in [0.15, 0.2) is 0 Å². The van der Waals surface area contributed by atoms with Gasteiger partial charge in [-0.05, 0) is 40.2 Å². The van der Waals surface area contributed by atoms with Crippen molar-refractivity contribution in [3.63, 3.8) is 0 Å². The molecule has 98 valence electrons. The van der Waals surface area contributed by atoms with E-state index in [-0.39, 0.29) is 12.4 Å². The lowest BCUT2D eigenvalue weighted by molar-refractivity contribution is -0.00769. The second kappa shape index (κ2) is 9.73. The Kier molecular flexibility index (Phi) is 10.9. The minimum absolute atomic E-state index is 0. The molecule has 4 nitrogen and oxygen atoms in total. The van der Waals surface area contributed by atoms with Crippen LogP contribution in [0.2, 0.25) is 0 Å². The molecule has 2 N–H and O–H groups in total. The van der Waals surface area contributed by atoms with Crippen molar-refractivity contribution < 1.29 is 14.3 Å². The van der Waals surface area contributed by atoms with Crippen molar-refractivity contribution in [1.82, 2.24) is 0 Å². The molecule has 0 fully saturated rings. The Morgan fingerprint density at radius 3 is 2.19 bits per heavy atom. The highest BCUT2D eigenvalue weighted by Gasteiger charge is 2.16. The minimum Gasteiger partial charge on any atom is -0.434 e. The standard InChI is InChI=1S/C11H23NO3.ClH/c1-11(2,3)15-10(13)14-9-7-5-4-6-8-12;/h4-9,12H2,1-3H3;1H. The molecule has 0 heterocycles. The number of rotatable bonds is 6. The molecule has 0 aromatic carbocycles. The van der Waals surface area contributed by atoms with Gasteiger partial charge in [0.2, 0.25) is 0 Å². The van der Waals surface area contributed by atoms with Gasteiger partial charge in [0.1, 0.15) is 5.60 Å². The number of unbranched alkanes of at least 4 members (excludes halogenated alkanes) is 3. The minimum atomic E-state index is -0.582. The highest BCUT2D eigenvalue weighted by Crippen LogP contribution is 2.08. The third-order valence-corrected chi connectivity index (χ3v) is 1.71. The average Bonchev–Trinajstić information content (AvgIpc) is 2.08. The molecular formula is C11H24ClNO3. The van der Waals surface area contributed by atoms with Gasteiger partial charge < -0.3 is 15.2 Å². The van der Waals surface area contributed by atoms with Gasteiger partial charge in [-0.15, -0.1) is 12.4 Å². The second-order valence-electron chi connectivity index (χ2n) is 4.52. The topological polar surface area (TPSA) is 61.5 Å². The fourth-order valence-corrected chi connectivity index (χ4v) is 1.03. The number of hydrogen-bond donors (Lipinski definition) is 1. The summed E-state index contributed by atoms with van der Waals surface area (Å²) in [7, 11) is 0. The van der Waals surface area contributed by atoms with Crippen molar-refractivity contribution >= 4 is 18.6 Å². The van der Waals surface area contributed by atoms with Gasteiger partial charge in [0.25, 0.3) is 0 Å². The largest absolute Gasteiger partial charge is 0.508 e. The van der Waals surface area contributed by atoms with Gasteiger partial charge in [0, 0.05) is 0 Å². The van der Waals surface area contributed by atoms with Crippen LogP contribution in [0.25, 0.3) is 0 Å². The van der Waals surface area contributed by atoms with Gasteiger partial charge in [-0.2, -0.15) is 0 Å². The molecule has 0 unspecified atom stereocenters. The van der Waals surface area contributed by atoms with Gasteiger partial charge in [-0.25, -0.2) is 4.79 Å². The smallest absolute Gasteiger partial charge is 0.434 e. The van der Waals surface area contributed by atoms with Gasteiger partial charge >= 0.3 is 6.16 Å². The van der Waals surface area contributed by atoms with Crippen molar-refractivity contribution in [2.45, 2.75) is 52.1 Å². The van der Waals surface area contributed by atoms with Crippen molar-refractivity contribution in [1.29, 1.82) is 0 Å². The van der Waals surface area contributed by atoms with E-state index in [0.717, 1.165) is 32.2 Å². The van der Waals surface area contributed by atoms with Gasteiger partial charge in [0.05, 0.1) is 6.61 Å². The highest BCUT2D eigenvalue weighted by atomic mass is 35.5. The molecule has 16 heavy (non-hydrogen) atoms. The summed E-state index contributed by atoms with van der Waals surface area (Å²) < 4.78 is 9.89. The summed E-state index contributed by atoms with van der Waals surface area (Å²) in [6.45, 7) is 6.60. The Morgan fingerprint density at radius 2 is 1.69 bits per heavy atom. The van der Waals surface area contributed by atoms with Crippen LogP contribution < -0.4 is 5.73 Å². The van der Waals surface area contributed by atoms with Crippen LogP contribution in [-0.2, 0) is 9.47 Å². The predicted octanol–water partition coefficient (Wildman–Crippen LogP) is 2.88. The molecule has 0 bridgehead atoms. The molecule has 0 aromatic heterocycles. The fourth-order valence-electron chi connectivity index (χ4n) is 1.03. The molecule has 0 saturated heterocycles. The van der Waals surface area contributed by atoms with Crippen LogP contribution in [-0.4, -0.2) is 24.9 Å². The Morgan fingerprint density at radius 1 is 1.12 bits per heavy atom. The first-order valence-electron chi connectivity index (χ1n) is 5.51. The number of halogens is 1. The van der Waals surface area contributed by atoms with E-state index in [2.05, 4.69) is 0 Å². The molecule has 0 amide bonds. The van der Waals surface area contributed by atoms with Crippen molar-refractivity contribution in [3.05, 3.63) is 0 Å². The molecule has 5 heteroatoms. The molecule has 0 saturated carbocycles. The molecule has 0 aliphatic rings. The van der Waals surface area contributed by atoms with Crippen LogP contribution in [0, 0.1) is 0 Å². The maximum Gasteiger partial charge on any atom is 0.508 e. The number of hydrogen-bond acceptors (Lipinski definition) is 4. The Labute approximate surface area is 104 Å². The van der Waals surface area contributed by atoms with Crippen molar-refractivity contribution in [2.24, 2.45) is 5.73 Å². The van der Waals surface area contributed by atoms with E-state index in [1.165, 1.54) is 0 Å². The lowest BCUT2D eigenvalue weighted by atomic mass is 10.2. The third-order valence-electron chi connectivity index (χ3n) is 1.71. The van der Waals surface area contributed by atoms with Gasteiger partial charge in [-0.3, -0.25) is 0 Å². The lowest BCUT2D eigenvalue weighted by Gasteiger charge is -2.18. The van der Waals surface area contributed by atoms with Crippen molar-refractivity contribution in [2.75, 3.05) is 13.2 Å². The molecule has 0 spiro atoms. The molecular weight excluding hydrogens is 230 g/mol. The fraction of sp³-hybridized carbons (Fsp3) is 0.909. The zero-order valence-electron chi connectivity index (χ0n) is 10.5. The Balaban J connectivity index is 0. The zero-order valence-corrected chi connectivity index (χ0v) is 11.3. The zero-order chi connectivity index (χ0) is 11.7. The number of ether oxygens (including phenoxy) is 2. The van der Waals surface area contributed by atoms with Crippen LogP contribution in [0.15, 0.2) is 0 Å². The van der Waals surface area contributed by atoms with E-state index in [1.54, 1.807) is 0 Å². The first kappa shape index (κ1) is 17.9. The molecule has 0 aliphatic carbocycles. The molecule has 0 radical (unpaired) electrons. The van der Waals surface area contributed by atoms with Crippen LogP contribution in [0.4, 0.5) is 4.79 Å². The van der Waals surface area contributed by atoms with E-state index in [1.807, 2.05) is 20.8 Å². The SMILES string of the molecule is CC(C)(C)OC(=O)OCCCCCCN.Cl. The van der Waals surface area contributed by atoms with Gasteiger partial charge in [-0.1, -0.05) is 12.8 Å². The Hall–Kier alpha value is -0.480. The lowest BCUT2D eigenvalue weighted by Crippen LogP contribution is -2.24. The summed E-state index contributed by atoms with van der Waals surface area (Å²) in [5.74, 6) is 0. The van der Waals surface area contributed by atoms with Crippen LogP contribution in [0.5, 0.6) is 0 Å². The Bertz CT molecular complexity index is 181. The van der Waals surface area contributed by atoms with E-state index >= 15 is 0 Å². The van der Waals surface area contributed by atoms with E-state index < -0.39 is 11.8 Å². The van der Waals surface area contributed by atoms with E-state index in [9.17, 15) is 4.79 Å². The highest BCUT2D eigenvalue weighted by molar-refractivity contribution is 5.85. The van der Waals surface area contributed by atoms with Crippen molar-refractivity contribution in [3.8, 4) is 0 Å². The monoisotopic (exact) mass is 253 g/mol. The summed E-state index contributed by atoms with van der Waals surface area (Å²) in [5.41, 5.74) is 4.88. The summed E-state index contributed by atoms with van der Waals surface area (Å²) in [6, 6.07) is 0. The summed E-state index contributed by atoms with van der Waals surface area (Å²) in [4.78, 5) is 11.1. The van der Waals surface area contributed by atoms with E-state index in [0.29, 0.717) is 6.61 Å². The average molecular weight is 254 g/mol. The second-order valence-corrected chi connectivity index (χ2v) is 4.52. The van der Waals surface area contributed by atoms with Crippen LogP contribution in [0.3, 0.4) is 0 Å². The summed E-state index contributed by atoms with van der Waals surface area (Å²) >= 11 is 0. The molecule has 0 atom stereocenters. The maximum absolute atomic E-state index is 11.1. The van der Waals surface area contributed by atoms with E-state index in [4.69, 9.17) is 15.2 Å². The molecule has 0 rings (SSSR count). The summed E-state index contributed by atoms with van der Waals surface area (Å²) in [6.07, 6.45) is 3.46. The first-order chi connectivity index (χ1) is 6.95. The van der Waals surface area contributed by atoms with Crippen LogP contribution in [0.1, 0.15) is 46.5 Å². The summed E-state index contributed by atoms with van der Waals surface area (Å²) in [5, 5.41) is 0. The number of carbonyl (C=O) groups is 1. The maximum atomic E-state index is 11.1.